The van der Waals surface area contributed by atoms with Crippen molar-refractivity contribution in [1.82, 2.24) is 4.72 Å². The molecule has 2 aromatic rings. The lowest BCUT2D eigenvalue weighted by Crippen LogP contribution is -2.13. The van der Waals surface area contributed by atoms with Crippen LogP contribution < -0.4 is 9.44 Å². The molecule has 0 amide bonds. The van der Waals surface area contributed by atoms with Gasteiger partial charge in [0.15, 0.2) is 0 Å². The van der Waals surface area contributed by atoms with Crippen LogP contribution in [0.4, 0.5) is 11.4 Å². The molecule has 0 saturated carbocycles. The monoisotopic (exact) mass is 319 g/mol. The van der Waals surface area contributed by atoms with Gasteiger partial charge < -0.3 is 4.72 Å². The minimum Gasteiger partial charge on any atom is -0.316 e. The number of anilines is 1. The van der Waals surface area contributed by atoms with Gasteiger partial charge in [-0.3, -0.25) is 4.72 Å². The summed E-state index contributed by atoms with van der Waals surface area (Å²) in [4.78, 5) is 5.37. The third-order valence-corrected chi connectivity index (χ3v) is 5.15. The Hall–Kier alpha value is -1.99. The summed E-state index contributed by atoms with van der Waals surface area (Å²) in [5.74, 6) is 0. The number of nitrogens with zero attached hydrogens (tertiary/aromatic N) is 1. The third kappa shape index (κ3) is 3.03. The first kappa shape index (κ1) is 14.0. The highest BCUT2D eigenvalue weighted by Crippen LogP contribution is 2.33. The molecule has 1 aliphatic rings. The maximum absolute atomic E-state index is 12.3. The van der Waals surface area contributed by atoms with Crippen molar-refractivity contribution in [2.75, 3.05) is 4.72 Å². The predicted molar refractivity (Wildman–Crippen MR) is 85.6 cm³/mol. The van der Waals surface area contributed by atoms with Gasteiger partial charge in [0, 0.05) is 0 Å². The number of sulfonamides is 1. The zero-order valence-electron chi connectivity index (χ0n) is 11.2. The molecule has 2 N–H and O–H groups in total. The van der Waals surface area contributed by atoms with E-state index in [-0.39, 0.29) is 4.90 Å². The first-order valence-electron chi connectivity index (χ1n) is 6.23. The number of hydrogen-bond acceptors (Lipinski definition) is 5. The molecule has 0 radical (unpaired) electrons. The number of nitrogens with one attached hydrogen (secondary N) is 2. The van der Waals surface area contributed by atoms with E-state index in [2.05, 4.69) is 14.4 Å². The fraction of sp³-hybridized carbons (Fsp3) is 0.0714. The highest BCUT2D eigenvalue weighted by atomic mass is 32.2. The summed E-state index contributed by atoms with van der Waals surface area (Å²) in [6.07, 6.45) is 1.57. The Kier molecular flexibility index (Phi) is 3.60. The lowest BCUT2D eigenvalue weighted by molar-refractivity contribution is 0.601. The van der Waals surface area contributed by atoms with E-state index < -0.39 is 10.0 Å². The minimum absolute atomic E-state index is 0.241. The van der Waals surface area contributed by atoms with Crippen molar-refractivity contribution in [2.24, 2.45) is 4.99 Å². The summed E-state index contributed by atoms with van der Waals surface area (Å²) in [6.45, 7) is 1.91. The molecule has 0 spiro atoms. The number of hydrogen-bond donors (Lipinski definition) is 2. The van der Waals surface area contributed by atoms with Gasteiger partial charge in [0.2, 0.25) is 0 Å². The van der Waals surface area contributed by atoms with Crippen LogP contribution in [-0.4, -0.2) is 14.8 Å². The highest BCUT2D eigenvalue weighted by molar-refractivity contribution is 7.98. The van der Waals surface area contributed by atoms with Gasteiger partial charge >= 0.3 is 0 Å². The van der Waals surface area contributed by atoms with E-state index in [0.29, 0.717) is 5.69 Å². The molecule has 2 aromatic carbocycles. The van der Waals surface area contributed by atoms with Crippen LogP contribution in [0.5, 0.6) is 0 Å². The van der Waals surface area contributed by atoms with Gasteiger partial charge in [-0.2, -0.15) is 0 Å². The van der Waals surface area contributed by atoms with Crippen LogP contribution >= 0.6 is 11.9 Å². The van der Waals surface area contributed by atoms with Crippen molar-refractivity contribution in [3.63, 3.8) is 0 Å². The minimum atomic E-state index is -3.58. The molecule has 0 aliphatic carbocycles. The second-order valence-electron chi connectivity index (χ2n) is 4.58. The van der Waals surface area contributed by atoms with Gasteiger partial charge in [0.25, 0.3) is 10.0 Å². The fourth-order valence-electron chi connectivity index (χ4n) is 1.89. The number of benzene rings is 2. The average Bonchev–Trinajstić information content (AvgIpc) is 2.47. The molecule has 0 atom stereocenters. The molecule has 0 bridgehead atoms. The summed E-state index contributed by atoms with van der Waals surface area (Å²) in [7, 11) is -3.58. The van der Waals surface area contributed by atoms with Crippen molar-refractivity contribution in [1.29, 1.82) is 0 Å². The van der Waals surface area contributed by atoms with E-state index in [4.69, 9.17) is 0 Å². The molecule has 1 heterocycles. The van der Waals surface area contributed by atoms with E-state index in [1.165, 1.54) is 11.9 Å². The number of fused-ring (bicyclic) bond motifs is 1. The lowest BCUT2D eigenvalue weighted by Gasteiger charge is -2.13. The molecular weight excluding hydrogens is 306 g/mol. The smallest absolute Gasteiger partial charge is 0.261 e. The molecule has 0 saturated heterocycles. The molecule has 3 rings (SSSR count). The van der Waals surface area contributed by atoms with Crippen LogP contribution in [0.15, 0.2) is 57.2 Å². The molecular formula is C14H13N3O2S2. The summed E-state index contributed by atoms with van der Waals surface area (Å²) in [5.41, 5.74) is 2.25. The second kappa shape index (κ2) is 5.42. The largest absolute Gasteiger partial charge is 0.316 e. The SMILES string of the molecule is Cc1ccc(S(=O)(=O)Nc2ccc3c(c2)N=CNS3)cc1. The predicted octanol–water partition coefficient (Wildman–Crippen LogP) is 3.07. The Morgan fingerprint density at radius 3 is 2.67 bits per heavy atom. The summed E-state index contributed by atoms with van der Waals surface area (Å²) in [6, 6.07) is 12.0. The van der Waals surface area contributed by atoms with Crippen LogP contribution in [-0.2, 0) is 10.0 Å². The molecule has 7 heteroatoms. The average molecular weight is 319 g/mol. The first-order chi connectivity index (χ1) is 10.0. The van der Waals surface area contributed by atoms with Gasteiger partial charge in [-0.25, -0.2) is 13.4 Å². The Morgan fingerprint density at radius 1 is 1.14 bits per heavy atom. The molecule has 0 aromatic heterocycles. The number of aliphatic imine (C=N–C) groups is 1. The summed E-state index contributed by atoms with van der Waals surface area (Å²) < 4.78 is 30.1. The normalized spacial score (nSPS) is 13.4. The van der Waals surface area contributed by atoms with Crippen molar-refractivity contribution < 1.29 is 8.42 Å². The quantitative estimate of drug-likeness (QED) is 0.853. The van der Waals surface area contributed by atoms with Crippen molar-refractivity contribution in [3.05, 3.63) is 48.0 Å². The number of aryl methyl sites for hydroxylation is 1. The van der Waals surface area contributed by atoms with Crippen LogP contribution in [0.3, 0.4) is 0 Å². The van der Waals surface area contributed by atoms with Crippen molar-refractivity contribution >= 4 is 39.7 Å². The van der Waals surface area contributed by atoms with Crippen LogP contribution in [0, 0.1) is 6.92 Å². The zero-order chi connectivity index (χ0) is 14.9. The summed E-state index contributed by atoms with van der Waals surface area (Å²) >= 11 is 1.44. The molecule has 1 aliphatic heterocycles. The third-order valence-electron chi connectivity index (χ3n) is 2.97. The van der Waals surface area contributed by atoms with Crippen LogP contribution in [0.2, 0.25) is 0 Å². The molecule has 0 unspecified atom stereocenters. The standard InChI is InChI=1S/C14H13N3O2S2/c1-10-2-5-12(6-3-10)21(18,19)17-11-4-7-14-13(8-11)15-9-16-20-14/h2-9,17H,1H3,(H,15,16). The Bertz CT molecular complexity index is 799. The van der Waals surface area contributed by atoms with E-state index in [0.717, 1.165) is 16.1 Å². The summed E-state index contributed by atoms with van der Waals surface area (Å²) in [5, 5.41) is 0. The Labute approximate surface area is 127 Å². The van der Waals surface area contributed by atoms with Crippen molar-refractivity contribution in [2.45, 2.75) is 16.7 Å². The van der Waals surface area contributed by atoms with E-state index >= 15 is 0 Å². The maximum atomic E-state index is 12.3. The Morgan fingerprint density at radius 2 is 1.90 bits per heavy atom. The second-order valence-corrected chi connectivity index (χ2v) is 7.14. The van der Waals surface area contributed by atoms with E-state index in [1.807, 2.05) is 13.0 Å². The Balaban J connectivity index is 1.89. The molecule has 5 nitrogen and oxygen atoms in total. The van der Waals surface area contributed by atoms with Gasteiger partial charge in [0.05, 0.1) is 27.5 Å². The lowest BCUT2D eigenvalue weighted by atomic mass is 10.2. The molecule has 108 valence electrons. The number of rotatable bonds is 3. The van der Waals surface area contributed by atoms with E-state index in [1.54, 1.807) is 42.7 Å². The topological polar surface area (TPSA) is 70.6 Å². The van der Waals surface area contributed by atoms with Crippen LogP contribution in [0.25, 0.3) is 0 Å². The van der Waals surface area contributed by atoms with Crippen LogP contribution in [0.1, 0.15) is 5.56 Å². The van der Waals surface area contributed by atoms with Gasteiger partial charge in [-0.1, -0.05) is 17.7 Å². The molecule has 21 heavy (non-hydrogen) atoms. The fourth-order valence-corrected chi connectivity index (χ4v) is 3.52. The molecule has 0 fully saturated rings. The van der Waals surface area contributed by atoms with Gasteiger partial charge in [-0.15, -0.1) is 0 Å². The highest BCUT2D eigenvalue weighted by Gasteiger charge is 2.15. The van der Waals surface area contributed by atoms with Crippen molar-refractivity contribution in [3.8, 4) is 0 Å². The van der Waals surface area contributed by atoms with Gasteiger partial charge in [-0.05, 0) is 49.2 Å². The van der Waals surface area contributed by atoms with E-state index in [9.17, 15) is 8.42 Å². The first-order valence-corrected chi connectivity index (χ1v) is 8.53. The van der Waals surface area contributed by atoms with Gasteiger partial charge in [0.1, 0.15) is 0 Å². The maximum Gasteiger partial charge on any atom is 0.261 e. The zero-order valence-corrected chi connectivity index (χ0v) is 12.8.